The molecule has 18 heavy (non-hydrogen) atoms. The van der Waals surface area contributed by atoms with E-state index in [9.17, 15) is 9.59 Å². The van der Waals surface area contributed by atoms with Gasteiger partial charge in [0.05, 0.1) is 10.6 Å². The first-order valence-electron chi connectivity index (χ1n) is 4.76. The number of carbonyl (C=O) groups is 2. The molecule has 1 aromatic carbocycles. The average Bonchev–Trinajstić information content (AvgIpc) is 2.77. The van der Waals surface area contributed by atoms with Gasteiger partial charge in [0, 0.05) is 0 Å². The molecule has 0 spiro atoms. The molecule has 0 unspecified atom stereocenters. The fourth-order valence-corrected chi connectivity index (χ4v) is 1.53. The first kappa shape index (κ1) is 12.1. The van der Waals surface area contributed by atoms with Gasteiger partial charge in [0.25, 0.3) is 5.91 Å². The summed E-state index contributed by atoms with van der Waals surface area (Å²) in [6.45, 7) is 0. The lowest BCUT2D eigenvalue weighted by Gasteiger charge is -2.12. The highest BCUT2D eigenvalue weighted by Crippen LogP contribution is 2.22. The van der Waals surface area contributed by atoms with E-state index >= 15 is 0 Å². The highest BCUT2D eigenvalue weighted by molar-refractivity contribution is 6.35. The summed E-state index contributed by atoms with van der Waals surface area (Å²) >= 11 is 5.87. The van der Waals surface area contributed by atoms with Crippen molar-refractivity contribution in [2.75, 3.05) is 10.6 Å². The number of rotatable bonds is 3. The monoisotopic (exact) mass is 266 g/mol. The van der Waals surface area contributed by atoms with E-state index in [1.807, 2.05) is 0 Å². The lowest BCUT2D eigenvalue weighted by Crippen LogP contribution is -2.30. The predicted molar refractivity (Wildman–Crippen MR) is 63.0 cm³/mol. The van der Waals surface area contributed by atoms with Crippen molar-refractivity contribution in [2.24, 2.45) is 0 Å². The third-order valence-corrected chi connectivity index (χ3v) is 2.48. The van der Waals surface area contributed by atoms with E-state index in [1.54, 1.807) is 12.1 Å². The zero-order valence-electron chi connectivity index (χ0n) is 8.91. The van der Waals surface area contributed by atoms with E-state index in [0.717, 1.165) is 0 Å². The number of hydrogen-bond donors (Lipinski definition) is 1. The Kier molecular flexibility index (Phi) is 3.24. The van der Waals surface area contributed by atoms with Crippen LogP contribution in [0.1, 0.15) is 10.4 Å². The van der Waals surface area contributed by atoms with E-state index in [4.69, 9.17) is 17.3 Å². The molecule has 0 radical (unpaired) electrons. The van der Waals surface area contributed by atoms with E-state index < -0.39 is 5.91 Å². The average molecular weight is 267 g/mol. The number of halogens is 1. The Hall–Kier alpha value is -2.41. The molecule has 0 saturated carbocycles. The molecule has 0 aliphatic carbocycles. The molecular weight excluding hydrogens is 260 g/mol. The van der Waals surface area contributed by atoms with Gasteiger partial charge in [-0.25, -0.2) is 9.53 Å². The summed E-state index contributed by atoms with van der Waals surface area (Å²) in [6.07, 6.45) is 0.265. The van der Waals surface area contributed by atoms with Gasteiger partial charge in [0.2, 0.25) is 18.0 Å². The minimum atomic E-state index is -0.669. The van der Waals surface area contributed by atoms with Crippen molar-refractivity contribution in [3.63, 3.8) is 0 Å². The van der Waals surface area contributed by atoms with Crippen LogP contribution < -0.4 is 10.6 Å². The van der Waals surface area contributed by atoms with Crippen molar-refractivity contribution < 1.29 is 14.2 Å². The largest absolute Gasteiger partial charge is 0.378 e. The molecule has 2 rings (SSSR count). The van der Waals surface area contributed by atoms with Crippen LogP contribution in [0.15, 0.2) is 28.9 Å². The van der Waals surface area contributed by atoms with E-state index in [1.165, 1.54) is 12.1 Å². The normalized spacial score (nSPS) is 10.1. The molecule has 0 bridgehead atoms. The predicted octanol–water partition coefficient (Wildman–Crippen LogP) is 1.11. The van der Waals surface area contributed by atoms with Gasteiger partial charge in [-0.2, -0.15) is 0 Å². The van der Waals surface area contributed by atoms with Crippen LogP contribution in [0.5, 0.6) is 0 Å². The number of benzene rings is 1. The molecule has 0 aliphatic heterocycles. The third kappa shape index (κ3) is 2.03. The Morgan fingerprint density at radius 3 is 2.67 bits per heavy atom. The molecule has 7 nitrogen and oxygen atoms in total. The lowest BCUT2D eigenvalue weighted by molar-refractivity contribution is -0.107. The Bertz CT molecular complexity index is 598. The molecule has 2 N–H and O–H groups in total. The zero-order chi connectivity index (χ0) is 13.1. The van der Waals surface area contributed by atoms with Gasteiger partial charge < -0.3 is 5.73 Å². The van der Waals surface area contributed by atoms with E-state index in [2.05, 4.69) is 14.9 Å². The second-order valence-corrected chi connectivity index (χ2v) is 3.64. The first-order valence-corrected chi connectivity index (χ1v) is 5.14. The van der Waals surface area contributed by atoms with Crippen LogP contribution in [-0.4, -0.2) is 22.6 Å². The smallest absolute Gasteiger partial charge is 0.267 e. The first-order chi connectivity index (χ1) is 8.65. The summed E-state index contributed by atoms with van der Waals surface area (Å²) in [6, 6.07) is 6.29. The number of aromatic nitrogens is 2. The highest BCUT2D eigenvalue weighted by atomic mass is 35.5. The molecule has 2 aromatic rings. The zero-order valence-corrected chi connectivity index (χ0v) is 9.66. The van der Waals surface area contributed by atoms with Gasteiger partial charge in [0.1, 0.15) is 0 Å². The number of nitrogen functional groups attached to an aromatic ring is 1. The molecule has 2 amide bonds. The molecule has 0 aliphatic rings. The van der Waals surface area contributed by atoms with E-state index in [0.29, 0.717) is 4.90 Å². The third-order valence-electron chi connectivity index (χ3n) is 2.15. The van der Waals surface area contributed by atoms with Gasteiger partial charge >= 0.3 is 0 Å². The summed E-state index contributed by atoms with van der Waals surface area (Å²) in [7, 11) is 0. The Balaban J connectivity index is 2.41. The van der Waals surface area contributed by atoms with Crippen LogP contribution in [0.2, 0.25) is 5.02 Å². The maximum Gasteiger partial charge on any atom is 0.267 e. The van der Waals surface area contributed by atoms with Crippen LogP contribution in [-0.2, 0) is 4.79 Å². The molecule has 0 atom stereocenters. The maximum atomic E-state index is 12.1. The van der Waals surface area contributed by atoms with Crippen LogP contribution >= 0.6 is 11.6 Å². The highest BCUT2D eigenvalue weighted by Gasteiger charge is 2.24. The molecule has 1 heterocycles. The van der Waals surface area contributed by atoms with E-state index in [-0.39, 0.29) is 28.6 Å². The maximum absolute atomic E-state index is 12.1. The van der Waals surface area contributed by atoms with Crippen LogP contribution in [0, 0.1) is 0 Å². The number of imide groups is 1. The Morgan fingerprint density at radius 2 is 2.11 bits per heavy atom. The van der Waals surface area contributed by atoms with Crippen LogP contribution in [0.3, 0.4) is 0 Å². The standard InChI is InChI=1S/C10H7ClN4O3/c11-7-4-2-1-3-6(7)10(17)15(5-16)9-8(12)13-18-14-9/h1-5H,(H2,12,13). The summed E-state index contributed by atoms with van der Waals surface area (Å²) in [4.78, 5) is 23.7. The van der Waals surface area contributed by atoms with Gasteiger partial charge in [-0.05, 0) is 22.4 Å². The molecule has 1 aromatic heterocycles. The number of amides is 2. The van der Waals surface area contributed by atoms with Gasteiger partial charge in [-0.15, -0.1) is 0 Å². The SMILES string of the molecule is Nc1nonc1N(C=O)C(=O)c1ccccc1Cl. The molecule has 92 valence electrons. The lowest BCUT2D eigenvalue weighted by atomic mass is 10.2. The summed E-state index contributed by atoms with van der Waals surface area (Å²) in [5.74, 6) is -1.00. The van der Waals surface area contributed by atoms with Crippen LogP contribution in [0.25, 0.3) is 0 Å². The quantitative estimate of drug-likeness (QED) is 0.835. The molecular formula is C10H7ClN4O3. The minimum Gasteiger partial charge on any atom is -0.378 e. The second kappa shape index (κ2) is 4.84. The molecule has 0 fully saturated rings. The summed E-state index contributed by atoms with van der Waals surface area (Å²) in [5.41, 5.74) is 5.56. The Morgan fingerprint density at radius 1 is 1.39 bits per heavy atom. The van der Waals surface area contributed by atoms with Crippen molar-refractivity contribution in [2.45, 2.75) is 0 Å². The number of hydrogen-bond acceptors (Lipinski definition) is 6. The van der Waals surface area contributed by atoms with Gasteiger partial charge in [-0.1, -0.05) is 23.7 Å². The second-order valence-electron chi connectivity index (χ2n) is 3.23. The summed E-state index contributed by atoms with van der Waals surface area (Å²) < 4.78 is 4.33. The van der Waals surface area contributed by atoms with Crippen molar-refractivity contribution in [3.05, 3.63) is 34.9 Å². The minimum absolute atomic E-state index is 0.147. The summed E-state index contributed by atoms with van der Waals surface area (Å²) in [5, 5.41) is 6.89. The fourth-order valence-electron chi connectivity index (χ4n) is 1.32. The van der Waals surface area contributed by atoms with Crippen molar-refractivity contribution in [1.29, 1.82) is 0 Å². The number of carbonyl (C=O) groups excluding carboxylic acids is 2. The number of nitrogens with two attached hydrogens (primary N) is 1. The fraction of sp³-hybridized carbons (Fsp3) is 0. The van der Waals surface area contributed by atoms with Crippen LogP contribution in [0.4, 0.5) is 11.6 Å². The van der Waals surface area contributed by atoms with Gasteiger partial charge in [-0.3, -0.25) is 9.59 Å². The van der Waals surface area contributed by atoms with Crippen molar-refractivity contribution in [3.8, 4) is 0 Å². The molecule has 8 heteroatoms. The number of anilines is 2. The van der Waals surface area contributed by atoms with Gasteiger partial charge in [0.15, 0.2) is 0 Å². The van der Waals surface area contributed by atoms with Crippen molar-refractivity contribution >= 4 is 35.6 Å². The van der Waals surface area contributed by atoms with Crippen molar-refractivity contribution in [1.82, 2.24) is 10.3 Å². The topological polar surface area (TPSA) is 102 Å². The number of nitrogens with zero attached hydrogens (tertiary/aromatic N) is 3. The molecule has 0 saturated heterocycles. The Labute approximate surface area is 106 Å².